The second kappa shape index (κ2) is 7.53. The lowest BCUT2D eigenvalue weighted by atomic mass is 9.94. The fourth-order valence-corrected chi connectivity index (χ4v) is 3.36. The van der Waals surface area contributed by atoms with E-state index in [9.17, 15) is 8.42 Å². The molecule has 1 aliphatic heterocycles. The maximum Gasteiger partial charge on any atom is 0.277 e. The van der Waals surface area contributed by atoms with Crippen LogP contribution >= 0.6 is 12.4 Å². The molecule has 104 valence electrons. The molecule has 1 fully saturated rings. The molecule has 0 aliphatic carbocycles. The van der Waals surface area contributed by atoms with Crippen molar-refractivity contribution in [1.82, 2.24) is 14.8 Å². The predicted octanol–water partition coefficient (Wildman–Crippen LogP) is 0.629. The summed E-state index contributed by atoms with van der Waals surface area (Å²) in [5.41, 5.74) is 0. The highest BCUT2D eigenvalue weighted by atomic mass is 35.5. The van der Waals surface area contributed by atoms with Crippen molar-refractivity contribution in [3.63, 3.8) is 0 Å². The summed E-state index contributed by atoms with van der Waals surface area (Å²) in [5, 5.41) is 3.29. The zero-order chi connectivity index (χ0) is 12.2. The Hall–Kier alpha value is 0.120. The van der Waals surface area contributed by atoms with E-state index in [1.807, 2.05) is 20.8 Å². The summed E-state index contributed by atoms with van der Waals surface area (Å²) in [7, 11) is -3.36. The second-order valence-corrected chi connectivity index (χ2v) is 6.27. The molecule has 2 unspecified atom stereocenters. The minimum Gasteiger partial charge on any atom is -0.316 e. The number of hydrogen-bond acceptors (Lipinski definition) is 3. The third-order valence-electron chi connectivity index (χ3n) is 2.77. The van der Waals surface area contributed by atoms with Crippen molar-refractivity contribution >= 4 is 22.6 Å². The maximum absolute atomic E-state index is 11.7. The van der Waals surface area contributed by atoms with Crippen molar-refractivity contribution in [3.05, 3.63) is 0 Å². The van der Waals surface area contributed by atoms with E-state index in [0.717, 1.165) is 25.9 Å². The summed E-state index contributed by atoms with van der Waals surface area (Å²) >= 11 is 0. The van der Waals surface area contributed by atoms with Crippen LogP contribution in [0.15, 0.2) is 0 Å². The van der Waals surface area contributed by atoms with Crippen molar-refractivity contribution in [2.24, 2.45) is 5.92 Å². The monoisotopic (exact) mass is 285 g/mol. The molecule has 7 heteroatoms. The molecular weight excluding hydrogens is 262 g/mol. The van der Waals surface area contributed by atoms with Gasteiger partial charge >= 0.3 is 0 Å². The van der Waals surface area contributed by atoms with E-state index in [-0.39, 0.29) is 24.5 Å². The molecule has 3 N–H and O–H groups in total. The molecule has 2 atom stereocenters. The van der Waals surface area contributed by atoms with Gasteiger partial charge in [0.2, 0.25) is 0 Å². The third-order valence-corrected chi connectivity index (χ3v) is 4.24. The van der Waals surface area contributed by atoms with E-state index < -0.39 is 10.2 Å². The molecular formula is C10H24ClN3O2S. The quantitative estimate of drug-likeness (QED) is 0.694. The first kappa shape index (κ1) is 17.1. The Morgan fingerprint density at radius 2 is 1.88 bits per heavy atom. The van der Waals surface area contributed by atoms with Gasteiger partial charge in [0, 0.05) is 12.1 Å². The van der Waals surface area contributed by atoms with Gasteiger partial charge in [-0.25, -0.2) is 0 Å². The lowest BCUT2D eigenvalue weighted by Crippen LogP contribution is -2.49. The Balaban J connectivity index is 0.00000256. The molecule has 1 saturated heterocycles. The fraction of sp³-hybridized carbons (Fsp3) is 1.00. The van der Waals surface area contributed by atoms with Gasteiger partial charge in [-0.15, -0.1) is 12.4 Å². The zero-order valence-electron chi connectivity index (χ0n) is 10.7. The van der Waals surface area contributed by atoms with E-state index in [0.29, 0.717) is 5.92 Å². The summed E-state index contributed by atoms with van der Waals surface area (Å²) in [6.45, 7) is 7.49. The van der Waals surface area contributed by atoms with Gasteiger partial charge < -0.3 is 5.32 Å². The summed E-state index contributed by atoms with van der Waals surface area (Å²) in [5.74, 6) is 0.387. The van der Waals surface area contributed by atoms with Crippen LogP contribution in [0.4, 0.5) is 0 Å². The molecule has 1 rings (SSSR count). The van der Waals surface area contributed by atoms with Crippen LogP contribution < -0.4 is 14.8 Å². The minimum atomic E-state index is -3.36. The van der Waals surface area contributed by atoms with Crippen molar-refractivity contribution < 1.29 is 8.42 Å². The van der Waals surface area contributed by atoms with Gasteiger partial charge in [0.25, 0.3) is 10.2 Å². The fourth-order valence-electron chi connectivity index (χ4n) is 1.99. The van der Waals surface area contributed by atoms with Crippen LogP contribution in [0.3, 0.4) is 0 Å². The minimum absolute atomic E-state index is 0. The second-order valence-electron chi connectivity index (χ2n) is 4.79. The topological polar surface area (TPSA) is 70.2 Å². The van der Waals surface area contributed by atoms with Gasteiger partial charge in [-0.1, -0.05) is 0 Å². The van der Waals surface area contributed by atoms with Gasteiger partial charge in [0.15, 0.2) is 0 Å². The van der Waals surface area contributed by atoms with Crippen molar-refractivity contribution in [3.8, 4) is 0 Å². The van der Waals surface area contributed by atoms with E-state index in [1.165, 1.54) is 0 Å². The molecule has 0 amide bonds. The Kier molecular flexibility index (Phi) is 7.58. The summed E-state index contributed by atoms with van der Waals surface area (Å²) in [4.78, 5) is 0. The lowest BCUT2D eigenvalue weighted by Gasteiger charge is -2.29. The van der Waals surface area contributed by atoms with Gasteiger partial charge in [0.1, 0.15) is 0 Å². The molecule has 17 heavy (non-hydrogen) atoms. The summed E-state index contributed by atoms with van der Waals surface area (Å²) in [6.07, 6.45) is 2.20. The van der Waals surface area contributed by atoms with Crippen LogP contribution in [0.2, 0.25) is 0 Å². The van der Waals surface area contributed by atoms with E-state index >= 15 is 0 Å². The average molecular weight is 286 g/mol. The molecule has 0 aromatic heterocycles. The van der Waals surface area contributed by atoms with Gasteiger partial charge in [-0.05, 0) is 52.6 Å². The van der Waals surface area contributed by atoms with E-state index in [2.05, 4.69) is 14.8 Å². The number of piperidine rings is 1. The van der Waals surface area contributed by atoms with Crippen LogP contribution in [0.5, 0.6) is 0 Å². The van der Waals surface area contributed by atoms with E-state index in [4.69, 9.17) is 0 Å². The third kappa shape index (κ3) is 6.57. The summed E-state index contributed by atoms with van der Waals surface area (Å²) < 4.78 is 28.5. The first-order valence-electron chi connectivity index (χ1n) is 5.91. The highest BCUT2D eigenvalue weighted by Gasteiger charge is 2.24. The van der Waals surface area contributed by atoms with E-state index in [1.54, 1.807) is 0 Å². The molecule has 1 aliphatic rings. The number of hydrogen-bond donors (Lipinski definition) is 3. The van der Waals surface area contributed by atoms with Crippen LogP contribution in [-0.2, 0) is 10.2 Å². The molecule has 0 aromatic carbocycles. The van der Waals surface area contributed by atoms with Gasteiger partial charge in [0.05, 0.1) is 0 Å². The first-order valence-corrected chi connectivity index (χ1v) is 7.39. The summed E-state index contributed by atoms with van der Waals surface area (Å²) in [6, 6.07) is -0.0989. The standard InChI is InChI=1S/C10H23N3O2S.ClH/c1-8(2)12-16(14,15)13-9(3)10-5-4-6-11-7-10;/h8-13H,4-7H2,1-3H3;1H. The highest BCUT2D eigenvalue weighted by molar-refractivity contribution is 7.87. The lowest BCUT2D eigenvalue weighted by molar-refractivity contribution is 0.319. The Labute approximate surface area is 111 Å². The highest BCUT2D eigenvalue weighted by Crippen LogP contribution is 2.14. The first-order chi connectivity index (χ1) is 7.41. The van der Waals surface area contributed by atoms with Crippen LogP contribution in [0.1, 0.15) is 33.6 Å². The smallest absolute Gasteiger partial charge is 0.277 e. The largest absolute Gasteiger partial charge is 0.316 e. The molecule has 1 heterocycles. The number of halogens is 1. The van der Waals surface area contributed by atoms with Crippen molar-refractivity contribution in [2.75, 3.05) is 13.1 Å². The molecule has 0 radical (unpaired) electrons. The zero-order valence-corrected chi connectivity index (χ0v) is 12.3. The number of nitrogens with one attached hydrogen (secondary N) is 3. The number of rotatable bonds is 5. The van der Waals surface area contributed by atoms with Crippen LogP contribution in [0.25, 0.3) is 0 Å². The molecule has 5 nitrogen and oxygen atoms in total. The molecule has 0 spiro atoms. The van der Waals surface area contributed by atoms with Crippen LogP contribution in [0, 0.1) is 5.92 Å². The maximum atomic E-state index is 11.7. The Morgan fingerprint density at radius 1 is 1.24 bits per heavy atom. The Morgan fingerprint density at radius 3 is 2.35 bits per heavy atom. The molecule has 0 saturated carbocycles. The molecule has 0 bridgehead atoms. The van der Waals surface area contributed by atoms with Crippen molar-refractivity contribution in [2.45, 2.75) is 45.7 Å². The average Bonchev–Trinajstić information content (AvgIpc) is 2.16. The SMILES string of the molecule is CC(C)NS(=O)(=O)NC(C)C1CCCNC1.Cl. The molecule has 0 aromatic rings. The van der Waals surface area contributed by atoms with Crippen LogP contribution in [-0.4, -0.2) is 33.6 Å². The van der Waals surface area contributed by atoms with Gasteiger partial charge in [-0.2, -0.15) is 17.9 Å². The van der Waals surface area contributed by atoms with Crippen molar-refractivity contribution in [1.29, 1.82) is 0 Å². The normalized spacial score (nSPS) is 23.2. The Bertz CT molecular complexity index is 303. The van der Waals surface area contributed by atoms with Gasteiger partial charge in [-0.3, -0.25) is 0 Å². The predicted molar refractivity (Wildman–Crippen MR) is 72.6 cm³/mol.